The highest BCUT2D eigenvalue weighted by atomic mass is 19.1. The summed E-state index contributed by atoms with van der Waals surface area (Å²) in [4.78, 5) is 0. The highest BCUT2D eigenvalue weighted by molar-refractivity contribution is 5.51. The minimum Gasteiger partial charge on any atom is -0.311 e. The van der Waals surface area contributed by atoms with Crippen molar-refractivity contribution in [2.45, 2.75) is 25.3 Å². The molecule has 1 fully saturated rings. The van der Waals surface area contributed by atoms with E-state index in [1.807, 2.05) is 6.08 Å². The summed E-state index contributed by atoms with van der Waals surface area (Å²) in [7, 11) is 0. The quantitative estimate of drug-likeness (QED) is 0.812. The van der Waals surface area contributed by atoms with Crippen molar-refractivity contribution >= 4 is 6.08 Å². The number of benzene rings is 1. The van der Waals surface area contributed by atoms with Crippen molar-refractivity contribution in [1.29, 1.82) is 0 Å². The van der Waals surface area contributed by atoms with Gasteiger partial charge in [-0.3, -0.25) is 0 Å². The third kappa shape index (κ3) is 2.67. The lowest BCUT2D eigenvalue weighted by atomic mass is 10.0. The van der Waals surface area contributed by atoms with E-state index in [1.54, 1.807) is 0 Å². The van der Waals surface area contributed by atoms with E-state index in [2.05, 4.69) is 5.32 Å². The molecule has 2 rings (SSSR count). The molecule has 86 valence electrons. The van der Waals surface area contributed by atoms with Gasteiger partial charge in [0.2, 0.25) is 0 Å². The van der Waals surface area contributed by atoms with Gasteiger partial charge in [0.15, 0.2) is 0 Å². The Balaban J connectivity index is 2.10. The van der Waals surface area contributed by atoms with Crippen molar-refractivity contribution < 1.29 is 8.78 Å². The molecule has 1 N–H and O–H groups in total. The van der Waals surface area contributed by atoms with Crippen LogP contribution in [0, 0.1) is 11.6 Å². The van der Waals surface area contributed by atoms with Crippen LogP contribution < -0.4 is 5.32 Å². The lowest BCUT2D eigenvalue weighted by Crippen LogP contribution is -2.32. The van der Waals surface area contributed by atoms with Gasteiger partial charge in [-0.1, -0.05) is 24.6 Å². The molecule has 0 saturated carbocycles. The second kappa shape index (κ2) is 5.21. The Labute approximate surface area is 94.2 Å². The topological polar surface area (TPSA) is 12.0 Å². The second-order valence-corrected chi connectivity index (χ2v) is 4.05. The number of halogens is 2. The van der Waals surface area contributed by atoms with Crippen LogP contribution >= 0.6 is 0 Å². The molecule has 1 aromatic rings. The van der Waals surface area contributed by atoms with Gasteiger partial charge < -0.3 is 5.32 Å². The predicted octanol–water partition coefficient (Wildman–Crippen LogP) is 3.12. The summed E-state index contributed by atoms with van der Waals surface area (Å²) in [6.45, 7) is 0.981. The number of nitrogens with one attached hydrogen (secondary N) is 1. The van der Waals surface area contributed by atoms with Crippen LogP contribution in [0.15, 0.2) is 24.3 Å². The van der Waals surface area contributed by atoms with Crippen LogP contribution in [-0.4, -0.2) is 12.6 Å². The number of hydrogen-bond acceptors (Lipinski definition) is 1. The fourth-order valence-electron chi connectivity index (χ4n) is 1.93. The van der Waals surface area contributed by atoms with Gasteiger partial charge in [0.25, 0.3) is 0 Å². The van der Waals surface area contributed by atoms with E-state index in [4.69, 9.17) is 0 Å². The summed E-state index contributed by atoms with van der Waals surface area (Å²) in [5, 5.41) is 3.30. The van der Waals surface area contributed by atoms with E-state index >= 15 is 0 Å². The van der Waals surface area contributed by atoms with Gasteiger partial charge >= 0.3 is 0 Å². The van der Waals surface area contributed by atoms with E-state index in [1.165, 1.54) is 37.1 Å². The monoisotopic (exact) mass is 223 g/mol. The summed E-state index contributed by atoms with van der Waals surface area (Å²) in [5.41, 5.74) is 0.0508. The molecule has 1 aliphatic heterocycles. The fraction of sp³-hybridized carbons (Fsp3) is 0.385. The first-order valence-corrected chi connectivity index (χ1v) is 5.63. The largest absolute Gasteiger partial charge is 0.311 e. The first-order chi connectivity index (χ1) is 7.77. The van der Waals surface area contributed by atoms with Crippen molar-refractivity contribution in [3.8, 4) is 0 Å². The maximum Gasteiger partial charge on any atom is 0.133 e. The molecule has 1 nitrogen and oxygen atoms in total. The minimum atomic E-state index is -0.507. The SMILES string of the molecule is Fc1cccc(F)c1/C=C/C1CCCCN1. The molecule has 0 aliphatic carbocycles. The standard InChI is InChI=1S/C13H15F2N/c14-12-5-3-6-13(15)11(12)8-7-10-4-1-2-9-16-10/h3,5-8,10,16H,1-2,4,9H2/b8-7+. The average molecular weight is 223 g/mol. The van der Waals surface area contributed by atoms with E-state index < -0.39 is 11.6 Å². The average Bonchev–Trinajstić information content (AvgIpc) is 2.30. The van der Waals surface area contributed by atoms with Crippen molar-refractivity contribution in [1.82, 2.24) is 5.32 Å². The van der Waals surface area contributed by atoms with Crippen LogP contribution in [0.3, 0.4) is 0 Å². The second-order valence-electron chi connectivity index (χ2n) is 4.05. The summed E-state index contributed by atoms with van der Waals surface area (Å²) >= 11 is 0. The third-order valence-electron chi connectivity index (χ3n) is 2.84. The Morgan fingerprint density at radius 2 is 1.94 bits per heavy atom. The van der Waals surface area contributed by atoms with Crippen molar-refractivity contribution in [3.05, 3.63) is 41.5 Å². The third-order valence-corrected chi connectivity index (χ3v) is 2.84. The summed E-state index contributed by atoms with van der Waals surface area (Å²) in [6, 6.07) is 4.17. The van der Waals surface area contributed by atoms with Gasteiger partial charge in [0.1, 0.15) is 11.6 Å². The normalized spacial score (nSPS) is 21.5. The minimum absolute atomic E-state index is 0.0508. The zero-order valence-corrected chi connectivity index (χ0v) is 9.05. The Kier molecular flexibility index (Phi) is 3.67. The van der Waals surface area contributed by atoms with Gasteiger partial charge in [0.05, 0.1) is 0 Å². The van der Waals surface area contributed by atoms with Gasteiger partial charge in [0, 0.05) is 11.6 Å². The van der Waals surface area contributed by atoms with Crippen LogP contribution in [0.5, 0.6) is 0 Å². The van der Waals surface area contributed by atoms with Crippen LogP contribution in [0.25, 0.3) is 6.08 Å². The van der Waals surface area contributed by atoms with Gasteiger partial charge in [-0.2, -0.15) is 0 Å². The van der Waals surface area contributed by atoms with E-state index in [-0.39, 0.29) is 11.6 Å². The molecular weight excluding hydrogens is 208 g/mol. The first-order valence-electron chi connectivity index (χ1n) is 5.63. The molecule has 1 saturated heterocycles. The summed E-state index contributed by atoms with van der Waals surface area (Å²) in [5.74, 6) is -1.01. The predicted molar refractivity (Wildman–Crippen MR) is 61.0 cm³/mol. The molecule has 0 aromatic heterocycles. The fourth-order valence-corrected chi connectivity index (χ4v) is 1.93. The van der Waals surface area contributed by atoms with Crippen LogP contribution in [0.1, 0.15) is 24.8 Å². The Hall–Kier alpha value is -1.22. The molecule has 16 heavy (non-hydrogen) atoms. The lowest BCUT2D eigenvalue weighted by molar-refractivity contribution is 0.455. The molecule has 0 radical (unpaired) electrons. The van der Waals surface area contributed by atoms with E-state index in [0.29, 0.717) is 0 Å². The molecule has 3 heteroatoms. The Bertz CT molecular complexity index is 361. The summed E-state index contributed by atoms with van der Waals surface area (Å²) < 4.78 is 26.6. The molecule has 0 bridgehead atoms. The van der Waals surface area contributed by atoms with Gasteiger partial charge in [-0.05, 0) is 31.5 Å². The molecule has 1 aromatic carbocycles. The van der Waals surface area contributed by atoms with Crippen molar-refractivity contribution in [2.75, 3.05) is 6.54 Å². The van der Waals surface area contributed by atoms with Crippen LogP contribution in [0.2, 0.25) is 0 Å². The molecular formula is C13H15F2N. The Morgan fingerprint density at radius 3 is 2.56 bits per heavy atom. The molecule has 1 unspecified atom stereocenters. The maximum absolute atomic E-state index is 13.3. The van der Waals surface area contributed by atoms with Crippen LogP contribution in [0.4, 0.5) is 8.78 Å². The molecule has 1 heterocycles. The van der Waals surface area contributed by atoms with Crippen molar-refractivity contribution in [2.24, 2.45) is 0 Å². The van der Waals surface area contributed by atoms with E-state index in [9.17, 15) is 8.78 Å². The molecule has 1 atom stereocenters. The number of rotatable bonds is 2. The zero-order valence-electron chi connectivity index (χ0n) is 9.05. The Morgan fingerprint density at radius 1 is 1.19 bits per heavy atom. The maximum atomic E-state index is 13.3. The lowest BCUT2D eigenvalue weighted by Gasteiger charge is -2.20. The summed E-state index contributed by atoms with van der Waals surface area (Å²) in [6.07, 6.45) is 6.76. The highest BCUT2D eigenvalue weighted by Gasteiger charge is 2.10. The molecule has 0 amide bonds. The van der Waals surface area contributed by atoms with Gasteiger partial charge in [-0.25, -0.2) is 8.78 Å². The zero-order chi connectivity index (χ0) is 11.4. The number of hydrogen-bond donors (Lipinski definition) is 1. The van der Waals surface area contributed by atoms with Crippen molar-refractivity contribution in [3.63, 3.8) is 0 Å². The first kappa shape index (κ1) is 11.3. The smallest absolute Gasteiger partial charge is 0.133 e. The van der Waals surface area contributed by atoms with Gasteiger partial charge in [-0.15, -0.1) is 0 Å². The highest BCUT2D eigenvalue weighted by Crippen LogP contribution is 2.15. The molecule has 0 spiro atoms. The van der Waals surface area contributed by atoms with Crippen LogP contribution in [-0.2, 0) is 0 Å². The number of piperidine rings is 1. The molecule has 1 aliphatic rings. The van der Waals surface area contributed by atoms with E-state index in [0.717, 1.165) is 13.0 Å².